The van der Waals surface area contributed by atoms with Gasteiger partial charge in [-0.25, -0.2) is 4.79 Å². The fourth-order valence-electron chi connectivity index (χ4n) is 2.44. The molecule has 2 aromatic carbocycles. The lowest BCUT2D eigenvalue weighted by atomic mass is 10.0. The number of benzene rings is 2. The molecule has 0 fully saturated rings. The van der Waals surface area contributed by atoms with Crippen molar-refractivity contribution in [2.24, 2.45) is 5.92 Å². The smallest absolute Gasteiger partial charge is 0.343 e. The van der Waals surface area contributed by atoms with Crippen molar-refractivity contribution in [2.75, 3.05) is 6.61 Å². The molecule has 0 spiro atoms. The number of hydrogen-bond acceptors (Lipinski definition) is 4. The number of carbonyl (C=O) groups is 2. The van der Waals surface area contributed by atoms with Gasteiger partial charge in [0.1, 0.15) is 11.5 Å². The summed E-state index contributed by atoms with van der Waals surface area (Å²) in [6, 6.07) is 13.4. The molecule has 138 valence electrons. The zero-order valence-electron chi connectivity index (χ0n) is 15.7. The van der Waals surface area contributed by atoms with E-state index in [4.69, 9.17) is 9.47 Å². The molecule has 0 amide bonds. The molecule has 0 aromatic heterocycles. The standard InChI is InChI=1S/C22H26O4/c1-4-16(2)6-5-15-25-20-11-9-19(10-12-20)22(24)26-21-13-7-18(8-14-21)17(3)23/h7-14,16H,4-6,15H2,1-3H3. The predicted octanol–water partition coefficient (Wildman–Crippen LogP) is 5.31. The lowest BCUT2D eigenvalue weighted by molar-refractivity contribution is 0.0734. The Bertz CT molecular complexity index is 717. The molecule has 4 heteroatoms. The van der Waals surface area contributed by atoms with E-state index in [1.807, 2.05) is 0 Å². The average molecular weight is 354 g/mol. The Labute approximate surface area is 155 Å². The van der Waals surface area contributed by atoms with Crippen LogP contribution in [0.5, 0.6) is 11.5 Å². The summed E-state index contributed by atoms with van der Waals surface area (Å²) >= 11 is 0. The summed E-state index contributed by atoms with van der Waals surface area (Å²) in [7, 11) is 0. The highest BCUT2D eigenvalue weighted by atomic mass is 16.5. The van der Waals surface area contributed by atoms with E-state index in [1.165, 1.54) is 13.3 Å². The van der Waals surface area contributed by atoms with Gasteiger partial charge in [-0.15, -0.1) is 0 Å². The quantitative estimate of drug-likeness (QED) is 0.265. The lowest BCUT2D eigenvalue weighted by Gasteiger charge is -2.10. The summed E-state index contributed by atoms with van der Waals surface area (Å²) < 4.78 is 11.0. The fourth-order valence-corrected chi connectivity index (χ4v) is 2.44. The van der Waals surface area contributed by atoms with Crippen molar-refractivity contribution in [3.05, 3.63) is 59.7 Å². The van der Waals surface area contributed by atoms with Crippen molar-refractivity contribution in [1.82, 2.24) is 0 Å². The maximum Gasteiger partial charge on any atom is 0.343 e. The second-order valence-corrected chi connectivity index (χ2v) is 6.50. The van der Waals surface area contributed by atoms with Crippen molar-refractivity contribution in [2.45, 2.75) is 40.0 Å². The van der Waals surface area contributed by atoms with Crippen LogP contribution in [0.15, 0.2) is 48.5 Å². The van der Waals surface area contributed by atoms with Crippen LogP contribution in [0.1, 0.15) is 60.7 Å². The van der Waals surface area contributed by atoms with E-state index in [-0.39, 0.29) is 5.78 Å². The molecule has 26 heavy (non-hydrogen) atoms. The molecule has 0 saturated carbocycles. The molecule has 2 rings (SSSR count). The van der Waals surface area contributed by atoms with E-state index < -0.39 is 5.97 Å². The van der Waals surface area contributed by atoms with Gasteiger partial charge in [-0.05, 0) is 74.2 Å². The third kappa shape index (κ3) is 6.03. The third-order valence-corrected chi connectivity index (χ3v) is 4.37. The number of ketones is 1. The first kappa shape index (κ1) is 19.7. The van der Waals surface area contributed by atoms with Crippen LogP contribution in [0.4, 0.5) is 0 Å². The topological polar surface area (TPSA) is 52.6 Å². The van der Waals surface area contributed by atoms with Crippen LogP contribution in [0.3, 0.4) is 0 Å². The highest BCUT2D eigenvalue weighted by Gasteiger charge is 2.09. The highest BCUT2D eigenvalue weighted by Crippen LogP contribution is 2.17. The van der Waals surface area contributed by atoms with E-state index in [0.717, 1.165) is 24.5 Å². The molecule has 0 N–H and O–H groups in total. The van der Waals surface area contributed by atoms with Crippen molar-refractivity contribution >= 4 is 11.8 Å². The van der Waals surface area contributed by atoms with Crippen molar-refractivity contribution in [1.29, 1.82) is 0 Å². The Balaban J connectivity index is 1.85. The van der Waals surface area contributed by atoms with Gasteiger partial charge in [-0.2, -0.15) is 0 Å². The Hall–Kier alpha value is -2.62. The van der Waals surface area contributed by atoms with E-state index >= 15 is 0 Å². The number of rotatable bonds is 9. The Kier molecular flexibility index (Phi) is 7.39. The summed E-state index contributed by atoms with van der Waals surface area (Å²) in [4.78, 5) is 23.4. The van der Waals surface area contributed by atoms with E-state index in [2.05, 4.69) is 13.8 Å². The molecule has 1 unspecified atom stereocenters. The maximum absolute atomic E-state index is 12.2. The molecule has 0 radical (unpaired) electrons. The van der Waals surface area contributed by atoms with Crippen LogP contribution in [-0.4, -0.2) is 18.4 Å². The number of esters is 1. The number of Topliss-reactive ketones (excluding diaryl/α,β-unsaturated/α-hetero) is 1. The molecule has 2 aromatic rings. The number of hydrogen-bond donors (Lipinski definition) is 0. The minimum atomic E-state index is -0.441. The van der Waals surface area contributed by atoms with Gasteiger partial charge >= 0.3 is 5.97 Å². The minimum Gasteiger partial charge on any atom is -0.494 e. The van der Waals surface area contributed by atoms with E-state index in [0.29, 0.717) is 23.5 Å². The van der Waals surface area contributed by atoms with Gasteiger partial charge in [-0.1, -0.05) is 20.3 Å². The largest absolute Gasteiger partial charge is 0.494 e. The Morgan fingerprint density at radius 1 is 0.923 bits per heavy atom. The minimum absolute atomic E-state index is 0.0254. The summed E-state index contributed by atoms with van der Waals surface area (Å²) in [5.41, 5.74) is 1.03. The summed E-state index contributed by atoms with van der Waals surface area (Å²) in [6.45, 7) is 6.61. The predicted molar refractivity (Wildman–Crippen MR) is 102 cm³/mol. The molecule has 0 heterocycles. The van der Waals surface area contributed by atoms with Gasteiger partial charge < -0.3 is 9.47 Å². The first-order valence-electron chi connectivity index (χ1n) is 9.05. The van der Waals surface area contributed by atoms with E-state index in [1.54, 1.807) is 48.5 Å². The molecular weight excluding hydrogens is 328 g/mol. The first-order valence-corrected chi connectivity index (χ1v) is 9.05. The van der Waals surface area contributed by atoms with Gasteiger partial charge in [-0.3, -0.25) is 4.79 Å². The average Bonchev–Trinajstić information content (AvgIpc) is 2.65. The molecule has 1 atom stereocenters. The summed E-state index contributed by atoms with van der Waals surface area (Å²) in [5.74, 6) is 1.41. The zero-order valence-corrected chi connectivity index (χ0v) is 15.7. The Morgan fingerprint density at radius 3 is 2.08 bits per heavy atom. The third-order valence-electron chi connectivity index (χ3n) is 4.37. The summed E-state index contributed by atoms with van der Waals surface area (Å²) in [6.07, 6.45) is 3.37. The second kappa shape index (κ2) is 9.76. The van der Waals surface area contributed by atoms with Gasteiger partial charge in [0.15, 0.2) is 5.78 Å². The second-order valence-electron chi connectivity index (χ2n) is 6.50. The van der Waals surface area contributed by atoms with Crippen LogP contribution in [-0.2, 0) is 0 Å². The van der Waals surface area contributed by atoms with E-state index in [9.17, 15) is 9.59 Å². The van der Waals surface area contributed by atoms with Crippen LogP contribution in [0.25, 0.3) is 0 Å². The molecule has 0 aliphatic carbocycles. The fraction of sp³-hybridized carbons (Fsp3) is 0.364. The molecule has 0 saturated heterocycles. The first-order chi connectivity index (χ1) is 12.5. The van der Waals surface area contributed by atoms with Crippen molar-refractivity contribution in [3.8, 4) is 11.5 Å². The van der Waals surface area contributed by atoms with Crippen LogP contribution >= 0.6 is 0 Å². The van der Waals surface area contributed by atoms with Gasteiger partial charge in [0.2, 0.25) is 0 Å². The normalized spacial score (nSPS) is 11.7. The molecule has 0 aliphatic rings. The Morgan fingerprint density at radius 2 is 1.50 bits per heavy atom. The molecule has 4 nitrogen and oxygen atoms in total. The monoisotopic (exact) mass is 354 g/mol. The van der Waals surface area contributed by atoms with Crippen LogP contribution < -0.4 is 9.47 Å². The zero-order chi connectivity index (χ0) is 18.9. The van der Waals surface area contributed by atoms with Crippen LogP contribution in [0.2, 0.25) is 0 Å². The molecule has 0 bridgehead atoms. The summed E-state index contributed by atoms with van der Waals surface area (Å²) in [5, 5.41) is 0. The number of carbonyl (C=O) groups excluding carboxylic acids is 2. The van der Waals surface area contributed by atoms with Gasteiger partial charge in [0, 0.05) is 5.56 Å². The molecule has 0 aliphatic heterocycles. The maximum atomic E-state index is 12.2. The van der Waals surface area contributed by atoms with Crippen molar-refractivity contribution < 1.29 is 19.1 Å². The SMILES string of the molecule is CCC(C)CCCOc1ccc(C(=O)Oc2ccc(C(C)=O)cc2)cc1. The van der Waals surface area contributed by atoms with Gasteiger partial charge in [0.25, 0.3) is 0 Å². The lowest BCUT2D eigenvalue weighted by Crippen LogP contribution is -2.08. The van der Waals surface area contributed by atoms with Crippen LogP contribution in [0, 0.1) is 5.92 Å². The van der Waals surface area contributed by atoms with Crippen molar-refractivity contribution in [3.63, 3.8) is 0 Å². The van der Waals surface area contributed by atoms with Gasteiger partial charge in [0.05, 0.1) is 12.2 Å². The highest BCUT2D eigenvalue weighted by molar-refractivity contribution is 5.94. The number of ether oxygens (including phenoxy) is 2. The molecular formula is C22H26O4.